The molecular weight excluding hydrogens is 518 g/mol. The summed E-state index contributed by atoms with van der Waals surface area (Å²) in [4.78, 5) is 32.2. The second-order valence-electron chi connectivity index (χ2n) is 9.85. The Bertz CT molecular complexity index is 1660. The van der Waals surface area contributed by atoms with Crippen LogP contribution in [0, 0.1) is 11.6 Å². The first kappa shape index (κ1) is 25.8. The minimum absolute atomic E-state index is 0.0368. The molecule has 6 rings (SSSR count). The third kappa shape index (κ3) is 4.53. The third-order valence-corrected chi connectivity index (χ3v) is 7.49. The maximum atomic E-state index is 15.8. The van der Waals surface area contributed by atoms with E-state index in [9.17, 15) is 9.59 Å². The Morgan fingerprint density at radius 1 is 1.18 bits per heavy atom. The van der Waals surface area contributed by atoms with Crippen LogP contribution in [0.25, 0.3) is 16.6 Å². The smallest absolute Gasteiger partial charge is 0.343 e. The van der Waals surface area contributed by atoms with Gasteiger partial charge in [-0.25, -0.2) is 18.6 Å². The van der Waals surface area contributed by atoms with Crippen molar-refractivity contribution in [1.29, 1.82) is 0 Å². The predicted molar refractivity (Wildman–Crippen MR) is 148 cm³/mol. The molecule has 8 nitrogen and oxygen atoms in total. The van der Waals surface area contributed by atoms with Crippen LogP contribution in [0.3, 0.4) is 0 Å². The van der Waals surface area contributed by atoms with E-state index in [0.717, 1.165) is 18.9 Å². The topological polar surface area (TPSA) is 85.7 Å². The molecule has 2 aliphatic rings. The Balaban J connectivity index is 1.48. The summed E-state index contributed by atoms with van der Waals surface area (Å²) in [5, 5.41) is 3.11. The van der Waals surface area contributed by atoms with Gasteiger partial charge in [0.1, 0.15) is 18.0 Å². The molecule has 2 aromatic heterocycles. The van der Waals surface area contributed by atoms with Crippen LogP contribution >= 0.6 is 0 Å². The number of aromatic nitrogens is 2. The number of hydrogen-bond donors (Lipinski definition) is 1. The van der Waals surface area contributed by atoms with Crippen LogP contribution in [0.2, 0.25) is 0 Å². The maximum absolute atomic E-state index is 15.8. The van der Waals surface area contributed by atoms with Gasteiger partial charge in [-0.15, -0.1) is 0 Å². The fourth-order valence-corrected chi connectivity index (χ4v) is 5.58. The standard InChI is InChI=1S/C30H28F2N4O4/c1-2-39-30(38)21-16-36(24-9-8-23-19(28(24)32)10-12-33-23)25-15-26(22(31)14-20(25)29(21)37)35-13-5-6-18(35)17-40-27-7-3-4-11-34-27/h3-4,7-9,11,14-16,18,33H,2,5-6,10,12-13,17H2,1H3/t18-/m1/s1. The molecule has 1 saturated heterocycles. The van der Waals surface area contributed by atoms with Crippen LogP contribution in [-0.4, -0.2) is 47.9 Å². The number of pyridine rings is 2. The van der Waals surface area contributed by atoms with Crippen molar-refractivity contribution in [3.05, 3.63) is 87.8 Å². The number of nitrogens with one attached hydrogen (secondary N) is 1. The number of esters is 1. The van der Waals surface area contributed by atoms with Gasteiger partial charge in [-0.3, -0.25) is 4.79 Å². The average Bonchev–Trinajstić information content (AvgIpc) is 3.64. The summed E-state index contributed by atoms with van der Waals surface area (Å²) >= 11 is 0. The summed E-state index contributed by atoms with van der Waals surface area (Å²) in [5.41, 5.74) is 0.993. The SMILES string of the molecule is CCOC(=O)c1cn(-c2ccc3c(c2F)CCN3)c2cc(N3CCC[C@@H]3COc3ccccn3)c(F)cc2c1=O. The van der Waals surface area contributed by atoms with Gasteiger partial charge in [-0.05, 0) is 56.5 Å². The fraction of sp³-hybridized carbons (Fsp3) is 0.300. The Morgan fingerprint density at radius 3 is 2.85 bits per heavy atom. The van der Waals surface area contributed by atoms with E-state index in [1.807, 2.05) is 11.0 Å². The van der Waals surface area contributed by atoms with Crippen molar-refractivity contribution in [3.8, 4) is 11.6 Å². The molecular formula is C30H28F2N4O4. The zero-order valence-corrected chi connectivity index (χ0v) is 22.0. The number of ether oxygens (including phenoxy) is 2. The van der Waals surface area contributed by atoms with Crippen molar-refractivity contribution >= 4 is 28.2 Å². The molecule has 1 fully saturated rings. The number of fused-ring (bicyclic) bond motifs is 2. The van der Waals surface area contributed by atoms with Gasteiger partial charge in [0, 0.05) is 48.2 Å². The molecule has 206 valence electrons. The van der Waals surface area contributed by atoms with Gasteiger partial charge < -0.3 is 24.3 Å². The quantitative estimate of drug-likeness (QED) is 0.332. The van der Waals surface area contributed by atoms with E-state index < -0.39 is 23.0 Å². The van der Waals surface area contributed by atoms with E-state index in [1.54, 1.807) is 43.5 Å². The summed E-state index contributed by atoms with van der Waals surface area (Å²) < 4.78 is 43.9. The van der Waals surface area contributed by atoms with Crippen LogP contribution in [0.15, 0.2) is 59.7 Å². The molecule has 0 amide bonds. The van der Waals surface area contributed by atoms with Crippen molar-refractivity contribution in [2.75, 3.05) is 36.5 Å². The van der Waals surface area contributed by atoms with E-state index >= 15 is 8.78 Å². The molecule has 0 bridgehead atoms. The highest BCUT2D eigenvalue weighted by molar-refractivity contribution is 5.95. The minimum atomic E-state index is -0.845. The number of carbonyl (C=O) groups is 1. The van der Waals surface area contributed by atoms with Crippen molar-refractivity contribution in [2.45, 2.75) is 32.2 Å². The number of benzene rings is 2. The van der Waals surface area contributed by atoms with Gasteiger partial charge in [0.2, 0.25) is 11.3 Å². The van der Waals surface area contributed by atoms with Crippen LogP contribution in [-0.2, 0) is 11.2 Å². The Kier molecular flexibility index (Phi) is 6.83. The summed E-state index contributed by atoms with van der Waals surface area (Å²) in [6.07, 6.45) is 5.05. The summed E-state index contributed by atoms with van der Waals surface area (Å²) in [6, 6.07) is 11.3. The van der Waals surface area contributed by atoms with Gasteiger partial charge in [0.25, 0.3) is 0 Å². The monoisotopic (exact) mass is 546 g/mol. The maximum Gasteiger partial charge on any atom is 0.343 e. The van der Waals surface area contributed by atoms with E-state index in [1.165, 1.54) is 10.8 Å². The normalized spacial score (nSPS) is 16.2. The summed E-state index contributed by atoms with van der Waals surface area (Å²) in [5.74, 6) is -1.44. The molecule has 10 heteroatoms. The molecule has 2 aromatic carbocycles. The van der Waals surface area contributed by atoms with E-state index in [-0.39, 0.29) is 40.5 Å². The van der Waals surface area contributed by atoms with Gasteiger partial charge in [-0.2, -0.15) is 0 Å². The van der Waals surface area contributed by atoms with Crippen molar-refractivity contribution in [1.82, 2.24) is 9.55 Å². The highest BCUT2D eigenvalue weighted by Crippen LogP contribution is 2.34. The van der Waals surface area contributed by atoms with Gasteiger partial charge in [0.05, 0.1) is 29.5 Å². The molecule has 4 aromatic rings. The van der Waals surface area contributed by atoms with E-state index in [0.29, 0.717) is 43.2 Å². The molecule has 0 spiro atoms. The molecule has 0 radical (unpaired) electrons. The lowest BCUT2D eigenvalue weighted by Crippen LogP contribution is -2.35. The Labute approximate surface area is 229 Å². The lowest BCUT2D eigenvalue weighted by molar-refractivity contribution is 0.0524. The van der Waals surface area contributed by atoms with Crippen molar-refractivity contribution in [3.63, 3.8) is 0 Å². The number of halogens is 2. The lowest BCUT2D eigenvalue weighted by atomic mass is 10.1. The molecule has 0 aliphatic carbocycles. The second kappa shape index (κ2) is 10.6. The summed E-state index contributed by atoms with van der Waals surface area (Å²) in [6.45, 7) is 3.18. The zero-order chi connectivity index (χ0) is 27.8. The number of rotatable bonds is 7. The second-order valence-corrected chi connectivity index (χ2v) is 9.85. The third-order valence-electron chi connectivity index (χ3n) is 7.49. The van der Waals surface area contributed by atoms with E-state index in [4.69, 9.17) is 9.47 Å². The van der Waals surface area contributed by atoms with Crippen molar-refractivity contribution in [2.24, 2.45) is 0 Å². The molecule has 0 saturated carbocycles. The number of hydrogen-bond acceptors (Lipinski definition) is 7. The lowest BCUT2D eigenvalue weighted by Gasteiger charge is -2.28. The highest BCUT2D eigenvalue weighted by atomic mass is 19.1. The fourth-order valence-electron chi connectivity index (χ4n) is 5.58. The first-order chi connectivity index (χ1) is 19.5. The van der Waals surface area contributed by atoms with Crippen LogP contribution in [0.1, 0.15) is 35.7 Å². The molecule has 4 heterocycles. The number of anilines is 2. The van der Waals surface area contributed by atoms with Crippen LogP contribution in [0.5, 0.6) is 5.88 Å². The van der Waals surface area contributed by atoms with Gasteiger partial charge >= 0.3 is 5.97 Å². The van der Waals surface area contributed by atoms with Crippen LogP contribution in [0.4, 0.5) is 20.2 Å². The Hall–Kier alpha value is -4.47. The zero-order valence-electron chi connectivity index (χ0n) is 22.0. The average molecular weight is 547 g/mol. The van der Waals surface area contributed by atoms with Gasteiger partial charge in [-0.1, -0.05) is 6.07 Å². The molecule has 0 unspecified atom stereocenters. The molecule has 40 heavy (non-hydrogen) atoms. The number of nitrogens with zero attached hydrogens (tertiary/aromatic N) is 3. The van der Waals surface area contributed by atoms with Crippen LogP contribution < -0.4 is 20.4 Å². The molecule has 1 N–H and O–H groups in total. The largest absolute Gasteiger partial charge is 0.475 e. The summed E-state index contributed by atoms with van der Waals surface area (Å²) in [7, 11) is 0. The first-order valence-electron chi connectivity index (χ1n) is 13.4. The predicted octanol–water partition coefficient (Wildman–Crippen LogP) is 4.86. The number of carbonyl (C=O) groups excluding carboxylic acids is 1. The highest BCUT2D eigenvalue weighted by Gasteiger charge is 2.30. The van der Waals surface area contributed by atoms with E-state index in [2.05, 4.69) is 10.3 Å². The minimum Gasteiger partial charge on any atom is -0.475 e. The van der Waals surface area contributed by atoms with Gasteiger partial charge in [0.15, 0.2) is 5.82 Å². The molecule has 2 aliphatic heterocycles. The molecule has 1 atom stereocenters. The van der Waals surface area contributed by atoms with Crippen molar-refractivity contribution < 1.29 is 23.0 Å². The Morgan fingerprint density at radius 2 is 2.05 bits per heavy atom. The first-order valence-corrected chi connectivity index (χ1v) is 13.4.